The van der Waals surface area contributed by atoms with Gasteiger partial charge in [-0.2, -0.15) is 0 Å². The summed E-state index contributed by atoms with van der Waals surface area (Å²) < 4.78 is 17.2. The van der Waals surface area contributed by atoms with Crippen LogP contribution >= 0.6 is 0 Å². The van der Waals surface area contributed by atoms with Gasteiger partial charge in [-0.25, -0.2) is 4.79 Å². The maximum absolute atomic E-state index is 13.7. The monoisotopic (exact) mass is 560 g/mol. The molecule has 216 valence electrons. The third kappa shape index (κ3) is 6.72. The van der Waals surface area contributed by atoms with E-state index in [0.29, 0.717) is 47.3 Å². The van der Waals surface area contributed by atoms with Gasteiger partial charge in [0.1, 0.15) is 11.9 Å². The second-order valence-corrected chi connectivity index (χ2v) is 10.7. The summed E-state index contributed by atoms with van der Waals surface area (Å²) in [6, 6.07) is 19.5. The van der Waals surface area contributed by atoms with Gasteiger partial charge in [-0.15, -0.1) is 0 Å². The first-order chi connectivity index (χ1) is 19.8. The molecule has 0 bridgehead atoms. The fourth-order valence-corrected chi connectivity index (χ4v) is 5.05. The van der Waals surface area contributed by atoms with E-state index in [0.717, 1.165) is 6.54 Å². The average molecular weight is 561 g/mol. The van der Waals surface area contributed by atoms with Gasteiger partial charge in [-0.3, -0.25) is 9.69 Å². The van der Waals surface area contributed by atoms with Crippen LogP contribution in [-0.4, -0.2) is 72.5 Å². The Bertz CT molecular complexity index is 1380. The van der Waals surface area contributed by atoms with Crippen molar-refractivity contribution in [2.24, 2.45) is 5.92 Å². The van der Waals surface area contributed by atoms with Crippen molar-refractivity contribution in [3.05, 3.63) is 77.9 Å². The number of aliphatic hydroxyl groups excluding tert-OH is 1. The molecule has 0 aliphatic carbocycles. The Kier molecular flexibility index (Phi) is 8.61. The standard InChI is InChI=1S/C31H36N4O6/c1-20-15-35(21(2)18-36)30(37)25-13-23(32-31(38)33-24-10-12-27-28(14-24)40-19-39-27)9-11-26(25)41-29(20)17-34(3)16-22-7-5-4-6-8-22/h4-14,20-21,29,36H,15-19H2,1-3H3,(H2,32,33,38)/t20-,21-,29+/m1/s1. The van der Waals surface area contributed by atoms with Crippen LogP contribution in [-0.2, 0) is 6.54 Å². The topological polar surface area (TPSA) is 113 Å². The number of likely N-dealkylation sites (N-methyl/N-ethyl adjacent to an activating group) is 1. The molecule has 0 saturated heterocycles. The minimum atomic E-state index is -0.474. The van der Waals surface area contributed by atoms with Crippen molar-refractivity contribution in [1.82, 2.24) is 9.80 Å². The minimum Gasteiger partial charge on any atom is -0.488 e. The van der Waals surface area contributed by atoms with Crippen LogP contribution in [0.15, 0.2) is 66.7 Å². The zero-order valence-electron chi connectivity index (χ0n) is 23.5. The van der Waals surface area contributed by atoms with Gasteiger partial charge in [0.05, 0.1) is 18.2 Å². The van der Waals surface area contributed by atoms with E-state index < -0.39 is 6.03 Å². The van der Waals surface area contributed by atoms with Gasteiger partial charge in [0.15, 0.2) is 11.5 Å². The van der Waals surface area contributed by atoms with Crippen molar-refractivity contribution in [3.63, 3.8) is 0 Å². The highest BCUT2D eigenvalue weighted by molar-refractivity contribution is 6.02. The first-order valence-electron chi connectivity index (χ1n) is 13.7. The third-order valence-corrected chi connectivity index (χ3v) is 7.34. The van der Waals surface area contributed by atoms with E-state index >= 15 is 0 Å². The molecule has 3 atom stereocenters. The normalized spacial score (nSPS) is 18.7. The molecule has 10 nitrogen and oxygen atoms in total. The number of aliphatic hydroxyl groups is 1. The summed E-state index contributed by atoms with van der Waals surface area (Å²) in [5, 5.41) is 15.5. The molecular formula is C31H36N4O6. The highest BCUT2D eigenvalue weighted by Gasteiger charge is 2.33. The second-order valence-electron chi connectivity index (χ2n) is 10.7. The molecule has 0 spiro atoms. The van der Waals surface area contributed by atoms with Crippen LogP contribution in [0.5, 0.6) is 17.2 Å². The van der Waals surface area contributed by atoms with Gasteiger partial charge in [0, 0.05) is 43.0 Å². The van der Waals surface area contributed by atoms with Gasteiger partial charge < -0.3 is 34.9 Å². The van der Waals surface area contributed by atoms with Crippen LogP contribution in [0.4, 0.5) is 16.2 Å². The number of benzene rings is 3. The quantitative estimate of drug-likeness (QED) is 0.374. The molecule has 2 heterocycles. The molecule has 3 aromatic rings. The van der Waals surface area contributed by atoms with Crippen LogP contribution in [0.25, 0.3) is 0 Å². The predicted molar refractivity (Wildman–Crippen MR) is 156 cm³/mol. The molecule has 3 amide bonds. The third-order valence-electron chi connectivity index (χ3n) is 7.34. The van der Waals surface area contributed by atoms with Crippen molar-refractivity contribution in [2.45, 2.75) is 32.5 Å². The molecule has 0 unspecified atom stereocenters. The minimum absolute atomic E-state index is 0.00426. The number of hydrogen-bond acceptors (Lipinski definition) is 7. The van der Waals surface area contributed by atoms with Gasteiger partial charge in [0.2, 0.25) is 6.79 Å². The first-order valence-corrected chi connectivity index (χ1v) is 13.7. The summed E-state index contributed by atoms with van der Waals surface area (Å²) in [4.78, 5) is 30.4. The largest absolute Gasteiger partial charge is 0.488 e. The maximum atomic E-state index is 13.7. The molecule has 3 aromatic carbocycles. The smallest absolute Gasteiger partial charge is 0.323 e. The van der Waals surface area contributed by atoms with E-state index in [2.05, 4.69) is 34.6 Å². The van der Waals surface area contributed by atoms with Gasteiger partial charge in [-0.1, -0.05) is 37.3 Å². The molecule has 0 aromatic heterocycles. The van der Waals surface area contributed by atoms with Crippen molar-refractivity contribution in [3.8, 4) is 17.2 Å². The lowest BCUT2D eigenvalue weighted by Crippen LogP contribution is -2.49. The van der Waals surface area contributed by atoms with Crippen LogP contribution < -0.4 is 24.8 Å². The molecule has 5 rings (SSSR count). The zero-order chi connectivity index (χ0) is 28.9. The van der Waals surface area contributed by atoms with Crippen LogP contribution in [0.1, 0.15) is 29.8 Å². The van der Waals surface area contributed by atoms with E-state index in [1.807, 2.05) is 32.2 Å². The molecule has 0 saturated carbocycles. The van der Waals surface area contributed by atoms with E-state index in [-0.39, 0.29) is 37.4 Å². The number of nitrogens with one attached hydrogen (secondary N) is 2. The second kappa shape index (κ2) is 12.5. The number of rotatable bonds is 8. The Labute approximate surface area is 239 Å². The number of urea groups is 1. The number of amides is 3. The lowest BCUT2D eigenvalue weighted by atomic mass is 9.99. The molecule has 41 heavy (non-hydrogen) atoms. The predicted octanol–water partition coefficient (Wildman–Crippen LogP) is 4.41. The summed E-state index contributed by atoms with van der Waals surface area (Å²) in [6.07, 6.45) is -0.211. The number of ether oxygens (including phenoxy) is 3. The lowest BCUT2D eigenvalue weighted by Gasteiger charge is -2.38. The molecular weight excluding hydrogens is 524 g/mol. The van der Waals surface area contributed by atoms with E-state index in [1.165, 1.54) is 5.56 Å². The molecule has 2 aliphatic heterocycles. The summed E-state index contributed by atoms with van der Waals surface area (Å²) in [7, 11) is 2.05. The molecule has 3 N–H and O–H groups in total. The fraction of sp³-hybridized carbons (Fsp3) is 0.355. The molecule has 2 aliphatic rings. The van der Waals surface area contributed by atoms with Gasteiger partial charge >= 0.3 is 6.03 Å². The average Bonchev–Trinajstić information content (AvgIpc) is 3.43. The number of anilines is 2. The Morgan fingerprint density at radius 2 is 1.71 bits per heavy atom. The summed E-state index contributed by atoms with van der Waals surface area (Å²) >= 11 is 0. The number of hydrogen-bond donors (Lipinski definition) is 3. The number of fused-ring (bicyclic) bond motifs is 2. The van der Waals surface area contributed by atoms with Gasteiger partial charge in [0.25, 0.3) is 5.91 Å². The number of carbonyl (C=O) groups is 2. The van der Waals surface area contributed by atoms with E-state index in [9.17, 15) is 14.7 Å². The summed E-state index contributed by atoms with van der Waals surface area (Å²) in [5.41, 5.74) is 2.50. The van der Waals surface area contributed by atoms with Crippen LogP contribution in [0.3, 0.4) is 0 Å². The highest BCUT2D eigenvalue weighted by Crippen LogP contribution is 2.34. The van der Waals surface area contributed by atoms with Gasteiger partial charge in [-0.05, 0) is 49.9 Å². The van der Waals surface area contributed by atoms with Crippen molar-refractivity contribution in [1.29, 1.82) is 0 Å². The maximum Gasteiger partial charge on any atom is 0.323 e. The van der Waals surface area contributed by atoms with Crippen molar-refractivity contribution >= 4 is 23.3 Å². The Balaban J connectivity index is 1.34. The van der Waals surface area contributed by atoms with Crippen molar-refractivity contribution in [2.75, 3.05) is 44.2 Å². The van der Waals surface area contributed by atoms with Crippen LogP contribution in [0, 0.1) is 5.92 Å². The Hall–Kier alpha value is -4.28. The molecule has 0 fully saturated rings. The van der Waals surface area contributed by atoms with Crippen molar-refractivity contribution < 1.29 is 28.9 Å². The Morgan fingerprint density at radius 3 is 2.44 bits per heavy atom. The number of nitrogens with zero attached hydrogens (tertiary/aromatic N) is 2. The summed E-state index contributed by atoms with van der Waals surface area (Å²) in [6.45, 7) is 5.69. The van der Waals surface area contributed by atoms with E-state index in [4.69, 9.17) is 14.2 Å². The SMILES string of the molecule is C[C@@H]1CN([C@H](C)CO)C(=O)c2cc(NC(=O)Nc3ccc4c(c3)OCO4)ccc2O[C@H]1CN(C)Cc1ccccc1. The zero-order valence-corrected chi connectivity index (χ0v) is 23.5. The molecule has 10 heteroatoms. The summed E-state index contributed by atoms with van der Waals surface area (Å²) in [5.74, 6) is 1.37. The fourth-order valence-electron chi connectivity index (χ4n) is 5.05. The van der Waals surface area contributed by atoms with E-state index in [1.54, 1.807) is 41.3 Å². The highest BCUT2D eigenvalue weighted by atomic mass is 16.7. The lowest BCUT2D eigenvalue weighted by molar-refractivity contribution is 0.0341. The molecule has 0 radical (unpaired) electrons. The Morgan fingerprint density at radius 1 is 1.02 bits per heavy atom. The van der Waals surface area contributed by atoms with Crippen LogP contribution in [0.2, 0.25) is 0 Å². The first kappa shape index (κ1) is 28.3. The number of carbonyl (C=O) groups excluding carboxylic acids is 2.